The molecule has 6 heteroatoms. The largest absolute Gasteiger partial charge is 0.469 e. The second-order valence-corrected chi connectivity index (χ2v) is 6.68. The van der Waals surface area contributed by atoms with Crippen molar-refractivity contribution >= 4 is 23.5 Å². The smallest absolute Gasteiger partial charge is 0.319 e. The molecule has 2 unspecified atom stereocenters. The SMILES string of the molecule is CC(C#N)CSc1ccccc1NC(=O)NC(C)Cc1ccco1. The lowest BCUT2D eigenvalue weighted by Crippen LogP contribution is -2.37. The molecule has 0 radical (unpaired) electrons. The van der Waals surface area contributed by atoms with Gasteiger partial charge in [-0.1, -0.05) is 12.1 Å². The summed E-state index contributed by atoms with van der Waals surface area (Å²) in [6.45, 7) is 3.81. The van der Waals surface area contributed by atoms with E-state index in [2.05, 4.69) is 16.7 Å². The first-order valence-electron chi connectivity index (χ1n) is 7.80. The fourth-order valence-corrected chi connectivity index (χ4v) is 3.07. The number of rotatable bonds is 7. The Kier molecular flexibility index (Phi) is 6.76. The van der Waals surface area contributed by atoms with Crippen LogP contribution in [0.4, 0.5) is 10.5 Å². The van der Waals surface area contributed by atoms with E-state index in [9.17, 15) is 4.79 Å². The molecule has 0 spiro atoms. The molecule has 1 heterocycles. The van der Waals surface area contributed by atoms with E-state index >= 15 is 0 Å². The summed E-state index contributed by atoms with van der Waals surface area (Å²) in [5.41, 5.74) is 0.746. The summed E-state index contributed by atoms with van der Waals surface area (Å²) in [5.74, 6) is 1.49. The van der Waals surface area contributed by atoms with Crippen LogP contribution in [0, 0.1) is 17.2 Å². The number of furan rings is 1. The lowest BCUT2D eigenvalue weighted by molar-refractivity contribution is 0.248. The number of carbonyl (C=O) groups is 1. The molecule has 0 aliphatic rings. The maximum Gasteiger partial charge on any atom is 0.319 e. The van der Waals surface area contributed by atoms with Crippen LogP contribution in [0.2, 0.25) is 0 Å². The quantitative estimate of drug-likeness (QED) is 0.735. The zero-order chi connectivity index (χ0) is 17.4. The van der Waals surface area contributed by atoms with E-state index in [1.54, 1.807) is 18.0 Å². The summed E-state index contributed by atoms with van der Waals surface area (Å²) in [4.78, 5) is 13.1. The number of hydrogen-bond donors (Lipinski definition) is 2. The first-order chi connectivity index (χ1) is 11.6. The van der Waals surface area contributed by atoms with Crippen molar-refractivity contribution in [1.29, 1.82) is 5.26 Å². The second kappa shape index (κ2) is 9.04. The third kappa shape index (κ3) is 5.67. The van der Waals surface area contributed by atoms with Crippen molar-refractivity contribution in [1.82, 2.24) is 5.32 Å². The third-order valence-corrected chi connectivity index (χ3v) is 4.64. The van der Waals surface area contributed by atoms with E-state index in [1.165, 1.54) is 0 Å². The minimum atomic E-state index is -0.254. The van der Waals surface area contributed by atoms with Crippen LogP contribution in [0.1, 0.15) is 19.6 Å². The van der Waals surface area contributed by atoms with Crippen LogP contribution in [-0.2, 0) is 6.42 Å². The Morgan fingerprint density at radius 1 is 1.29 bits per heavy atom. The molecular weight excluding hydrogens is 322 g/mol. The number of anilines is 1. The molecule has 1 aromatic heterocycles. The molecule has 5 nitrogen and oxygen atoms in total. The molecule has 0 saturated carbocycles. The van der Waals surface area contributed by atoms with Gasteiger partial charge in [-0.05, 0) is 38.1 Å². The fraction of sp³-hybridized carbons (Fsp3) is 0.333. The van der Waals surface area contributed by atoms with Crippen LogP contribution in [0.15, 0.2) is 52.0 Å². The predicted molar refractivity (Wildman–Crippen MR) is 96.0 cm³/mol. The first kappa shape index (κ1) is 18.0. The number of hydrogen-bond acceptors (Lipinski definition) is 4. The highest BCUT2D eigenvalue weighted by molar-refractivity contribution is 7.99. The number of nitriles is 1. The first-order valence-corrected chi connectivity index (χ1v) is 8.78. The molecular formula is C18H21N3O2S. The van der Waals surface area contributed by atoms with Gasteiger partial charge in [0.25, 0.3) is 0 Å². The maximum atomic E-state index is 12.2. The van der Waals surface area contributed by atoms with Gasteiger partial charge >= 0.3 is 6.03 Å². The van der Waals surface area contributed by atoms with Crippen molar-refractivity contribution in [2.75, 3.05) is 11.1 Å². The van der Waals surface area contributed by atoms with Crippen LogP contribution in [-0.4, -0.2) is 17.8 Å². The van der Waals surface area contributed by atoms with E-state index in [0.29, 0.717) is 12.2 Å². The van der Waals surface area contributed by atoms with E-state index < -0.39 is 0 Å². The van der Waals surface area contributed by atoms with Crippen molar-refractivity contribution in [2.24, 2.45) is 5.92 Å². The minimum Gasteiger partial charge on any atom is -0.469 e. The van der Waals surface area contributed by atoms with Gasteiger partial charge in [-0.2, -0.15) is 5.26 Å². The van der Waals surface area contributed by atoms with Crippen molar-refractivity contribution in [3.63, 3.8) is 0 Å². The summed E-state index contributed by atoms with van der Waals surface area (Å²) < 4.78 is 5.29. The Morgan fingerprint density at radius 3 is 2.79 bits per heavy atom. The Hall–Kier alpha value is -2.39. The van der Waals surface area contributed by atoms with Crippen LogP contribution >= 0.6 is 11.8 Å². The average Bonchev–Trinajstić information content (AvgIpc) is 3.06. The Labute approximate surface area is 146 Å². The molecule has 24 heavy (non-hydrogen) atoms. The van der Waals surface area contributed by atoms with Gasteiger partial charge in [0, 0.05) is 23.1 Å². The van der Waals surface area contributed by atoms with Gasteiger partial charge in [-0.25, -0.2) is 4.79 Å². The van der Waals surface area contributed by atoms with Crippen LogP contribution in [0.5, 0.6) is 0 Å². The van der Waals surface area contributed by atoms with Gasteiger partial charge in [0.15, 0.2) is 0 Å². The lowest BCUT2D eigenvalue weighted by atomic mass is 10.2. The van der Waals surface area contributed by atoms with Gasteiger partial charge in [-0.3, -0.25) is 0 Å². The number of carbonyl (C=O) groups excluding carboxylic acids is 1. The van der Waals surface area contributed by atoms with Crippen LogP contribution < -0.4 is 10.6 Å². The van der Waals surface area contributed by atoms with E-state index in [0.717, 1.165) is 16.3 Å². The number of nitrogens with one attached hydrogen (secondary N) is 2. The zero-order valence-corrected chi connectivity index (χ0v) is 14.6. The summed E-state index contributed by atoms with van der Waals surface area (Å²) in [6.07, 6.45) is 2.26. The molecule has 0 saturated heterocycles. The molecule has 0 bridgehead atoms. The summed E-state index contributed by atoms with van der Waals surface area (Å²) in [7, 11) is 0. The molecule has 126 valence electrons. The van der Waals surface area contributed by atoms with Crippen molar-refractivity contribution in [3.05, 3.63) is 48.4 Å². The summed E-state index contributed by atoms with van der Waals surface area (Å²) in [5, 5.41) is 14.7. The normalized spacial score (nSPS) is 12.9. The molecule has 2 rings (SSSR count). The Morgan fingerprint density at radius 2 is 2.08 bits per heavy atom. The standard InChI is InChI=1S/C18H21N3O2S/c1-13(11-19)12-24-17-8-4-3-7-16(17)21-18(22)20-14(2)10-15-6-5-9-23-15/h3-9,13-14H,10,12H2,1-2H3,(H2,20,21,22). The molecule has 1 aromatic carbocycles. The predicted octanol–water partition coefficient (Wildman–Crippen LogP) is 4.28. The lowest BCUT2D eigenvalue weighted by Gasteiger charge is -2.15. The van der Waals surface area contributed by atoms with Crippen molar-refractivity contribution < 1.29 is 9.21 Å². The molecule has 2 N–H and O–H groups in total. The number of nitrogens with zero attached hydrogens (tertiary/aromatic N) is 1. The highest BCUT2D eigenvalue weighted by Crippen LogP contribution is 2.28. The molecule has 2 atom stereocenters. The zero-order valence-electron chi connectivity index (χ0n) is 13.8. The van der Waals surface area contributed by atoms with Crippen LogP contribution in [0.3, 0.4) is 0 Å². The topological polar surface area (TPSA) is 78.1 Å². The average molecular weight is 343 g/mol. The number of thioether (sulfide) groups is 1. The molecule has 0 aliphatic heterocycles. The monoisotopic (exact) mass is 343 g/mol. The van der Waals surface area contributed by atoms with Gasteiger partial charge in [0.2, 0.25) is 0 Å². The molecule has 0 fully saturated rings. The van der Waals surface area contributed by atoms with Gasteiger partial charge in [-0.15, -0.1) is 11.8 Å². The summed E-state index contributed by atoms with van der Waals surface area (Å²) in [6, 6.07) is 13.2. The Bertz CT molecular complexity index is 695. The third-order valence-electron chi connectivity index (χ3n) is 3.31. The Balaban J connectivity index is 1.90. The van der Waals surface area contributed by atoms with E-state index in [4.69, 9.17) is 9.68 Å². The van der Waals surface area contributed by atoms with Gasteiger partial charge in [0.1, 0.15) is 5.76 Å². The highest BCUT2D eigenvalue weighted by atomic mass is 32.2. The fourth-order valence-electron chi connectivity index (χ4n) is 2.11. The van der Waals surface area contributed by atoms with Gasteiger partial charge < -0.3 is 15.1 Å². The van der Waals surface area contributed by atoms with E-state index in [1.807, 2.05) is 50.2 Å². The van der Waals surface area contributed by atoms with E-state index in [-0.39, 0.29) is 18.0 Å². The second-order valence-electron chi connectivity index (χ2n) is 5.62. The van der Waals surface area contributed by atoms with Crippen LogP contribution in [0.25, 0.3) is 0 Å². The number of urea groups is 1. The highest BCUT2D eigenvalue weighted by Gasteiger charge is 2.12. The summed E-state index contributed by atoms with van der Waals surface area (Å²) >= 11 is 1.56. The number of amides is 2. The van der Waals surface area contributed by atoms with Crippen molar-refractivity contribution in [2.45, 2.75) is 31.2 Å². The minimum absolute atomic E-state index is 0.0369. The number of para-hydroxylation sites is 1. The molecule has 2 aromatic rings. The number of benzene rings is 1. The van der Waals surface area contributed by atoms with Gasteiger partial charge in [0.05, 0.1) is 23.9 Å². The van der Waals surface area contributed by atoms with Crippen molar-refractivity contribution in [3.8, 4) is 6.07 Å². The molecule has 0 aliphatic carbocycles. The maximum absolute atomic E-state index is 12.2. The molecule has 2 amide bonds.